The molecule has 0 spiro atoms. The predicted octanol–water partition coefficient (Wildman–Crippen LogP) is 2.06. The lowest BCUT2D eigenvalue weighted by molar-refractivity contribution is -0.139. The molecule has 7 nitrogen and oxygen atoms in total. The zero-order chi connectivity index (χ0) is 22.5. The fourth-order valence-corrected chi connectivity index (χ4v) is 3.78. The van der Waals surface area contributed by atoms with Crippen molar-refractivity contribution in [2.75, 3.05) is 24.2 Å². The van der Waals surface area contributed by atoms with Gasteiger partial charge in [-0.3, -0.25) is 13.9 Å². The summed E-state index contributed by atoms with van der Waals surface area (Å²) in [5.74, 6) is -1.58. The number of anilines is 1. The van der Waals surface area contributed by atoms with E-state index in [1.54, 1.807) is 30.3 Å². The van der Waals surface area contributed by atoms with Gasteiger partial charge in [0.1, 0.15) is 18.4 Å². The van der Waals surface area contributed by atoms with Crippen LogP contribution in [-0.4, -0.2) is 51.0 Å². The molecule has 0 bridgehead atoms. The van der Waals surface area contributed by atoms with E-state index in [1.165, 1.54) is 37.1 Å². The molecule has 1 N–H and O–H groups in total. The van der Waals surface area contributed by atoms with Gasteiger partial charge in [-0.15, -0.1) is 0 Å². The molecule has 1 unspecified atom stereocenters. The lowest BCUT2D eigenvalue weighted by Gasteiger charge is -2.31. The molecule has 2 amide bonds. The Hall–Kier alpha value is -2.94. The van der Waals surface area contributed by atoms with Gasteiger partial charge in [0.05, 0.1) is 11.9 Å². The lowest BCUT2D eigenvalue weighted by Crippen LogP contribution is -2.50. The Kier molecular flexibility index (Phi) is 7.55. The number of carbonyl (C=O) groups is 2. The number of benzene rings is 2. The van der Waals surface area contributed by atoms with Gasteiger partial charge in [0, 0.05) is 19.2 Å². The fourth-order valence-electron chi connectivity index (χ4n) is 2.93. The van der Waals surface area contributed by atoms with E-state index in [-0.39, 0.29) is 12.1 Å². The smallest absolute Gasteiger partial charge is 0.244 e. The van der Waals surface area contributed by atoms with Crippen LogP contribution in [0.4, 0.5) is 10.1 Å². The molecule has 2 aromatic rings. The third kappa shape index (κ3) is 5.79. The Labute approximate surface area is 176 Å². The second kappa shape index (κ2) is 9.71. The van der Waals surface area contributed by atoms with E-state index >= 15 is 0 Å². The van der Waals surface area contributed by atoms with Gasteiger partial charge >= 0.3 is 0 Å². The van der Waals surface area contributed by atoms with Crippen LogP contribution in [0.1, 0.15) is 18.1 Å². The molecule has 2 rings (SSSR count). The van der Waals surface area contributed by atoms with Crippen molar-refractivity contribution in [3.05, 3.63) is 65.5 Å². The first-order valence-electron chi connectivity index (χ1n) is 9.33. The van der Waals surface area contributed by atoms with Crippen molar-refractivity contribution < 1.29 is 22.4 Å². The van der Waals surface area contributed by atoms with E-state index in [9.17, 15) is 22.4 Å². The van der Waals surface area contributed by atoms with Crippen molar-refractivity contribution in [2.24, 2.45) is 0 Å². The number of carbonyl (C=O) groups excluding carboxylic acids is 2. The van der Waals surface area contributed by atoms with Crippen LogP contribution in [0.5, 0.6) is 0 Å². The third-order valence-corrected chi connectivity index (χ3v) is 5.85. The van der Waals surface area contributed by atoms with Crippen LogP contribution in [0.3, 0.4) is 0 Å². The molecule has 0 aromatic heterocycles. The zero-order valence-electron chi connectivity index (χ0n) is 17.4. The quantitative estimate of drug-likeness (QED) is 0.688. The molecule has 30 heavy (non-hydrogen) atoms. The molecule has 1 atom stereocenters. The van der Waals surface area contributed by atoms with Gasteiger partial charge < -0.3 is 10.2 Å². The maximum absolute atomic E-state index is 14.2. The summed E-state index contributed by atoms with van der Waals surface area (Å²) in [5.41, 5.74) is 1.49. The van der Waals surface area contributed by atoms with Gasteiger partial charge in [-0.05, 0) is 32.0 Å². The molecule has 0 fully saturated rings. The van der Waals surface area contributed by atoms with E-state index in [2.05, 4.69) is 5.32 Å². The highest BCUT2D eigenvalue weighted by molar-refractivity contribution is 7.92. The highest BCUT2D eigenvalue weighted by Gasteiger charge is 2.30. The first-order chi connectivity index (χ1) is 14.0. The second-order valence-electron chi connectivity index (χ2n) is 7.01. The van der Waals surface area contributed by atoms with Crippen molar-refractivity contribution >= 4 is 27.5 Å². The maximum atomic E-state index is 14.2. The molecule has 0 saturated heterocycles. The van der Waals surface area contributed by atoms with Gasteiger partial charge in [0.2, 0.25) is 21.8 Å². The minimum Gasteiger partial charge on any atom is -0.357 e. The zero-order valence-corrected chi connectivity index (χ0v) is 18.2. The average Bonchev–Trinajstić information content (AvgIpc) is 2.70. The number of nitrogens with zero attached hydrogens (tertiary/aromatic N) is 2. The summed E-state index contributed by atoms with van der Waals surface area (Å²) < 4.78 is 39.9. The van der Waals surface area contributed by atoms with E-state index in [0.717, 1.165) is 16.1 Å². The second-order valence-corrected chi connectivity index (χ2v) is 8.92. The number of nitrogens with one attached hydrogen (secondary N) is 1. The monoisotopic (exact) mass is 435 g/mol. The number of rotatable bonds is 8. The highest BCUT2D eigenvalue weighted by Crippen LogP contribution is 2.20. The fraction of sp³-hybridized carbons (Fsp3) is 0.333. The number of sulfonamides is 1. The van der Waals surface area contributed by atoms with Crippen molar-refractivity contribution in [1.29, 1.82) is 0 Å². The van der Waals surface area contributed by atoms with Crippen molar-refractivity contribution in [3.63, 3.8) is 0 Å². The summed E-state index contributed by atoms with van der Waals surface area (Å²) in [5, 5.41) is 2.46. The largest absolute Gasteiger partial charge is 0.357 e. The normalized spacial score (nSPS) is 12.2. The Balaban J connectivity index is 2.38. The van der Waals surface area contributed by atoms with Gasteiger partial charge in [-0.25, -0.2) is 12.8 Å². The summed E-state index contributed by atoms with van der Waals surface area (Å²) in [7, 11) is -2.35. The van der Waals surface area contributed by atoms with Crippen molar-refractivity contribution in [1.82, 2.24) is 10.2 Å². The standard InChI is InChI=1S/C21H26FN3O4S/c1-15-9-11-18(12-10-15)25(30(4,28)29)14-20(26)24(16(2)21(27)23-3)13-17-7-5-6-8-19(17)22/h5-12,16H,13-14H2,1-4H3,(H,23,27). The topological polar surface area (TPSA) is 86.8 Å². The number of halogens is 1. The van der Waals surface area contributed by atoms with Gasteiger partial charge in [-0.2, -0.15) is 0 Å². The van der Waals surface area contributed by atoms with Crippen LogP contribution >= 0.6 is 0 Å². The summed E-state index contributed by atoms with van der Waals surface area (Å²) in [6.45, 7) is 2.68. The number of amides is 2. The molecular formula is C21H26FN3O4S. The lowest BCUT2D eigenvalue weighted by atomic mass is 10.1. The van der Waals surface area contributed by atoms with Crippen LogP contribution in [-0.2, 0) is 26.2 Å². The van der Waals surface area contributed by atoms with Gasteiger partial charge in [0.25, 0.3) is 0 Å². The summed E-state index contributed by atoms with van der Waals surface area (Å²) >= 11 is 0. The molecule has 0 saturated carbocycles. The van der Waals surface area contributed by atoms with E-state index < -0.39 is 40.2 Å². The molecule has 0 heterocycles. The Morgan fingerprint density at radius 2 is 1.70 bits per heavy atom. The Morgan fingerprint density at radius 3 is 2.23 bits per heavy atom. The molecule has 0 aliphatic rings. The first kappa shape index (κ1) is 23.3. The first-order valence-corrected chi connectivity index (χ1v) is 11.2. The molecule has 162 valence electrons. The van der Waals surface area contributed by atoms with Crippen LogP contribution in [0.15, 0.2) is 48.5 Å². The summed E-state index contributed by atoms with van der Waals surface area (Å²) in [6.07, 6.45) is 1.00. The Morgan fingerprint density at radius 1 is 1.10 bits per heavy atom. The van der Waals surface area contributed by atoms with Gasteiger partial charge in [-0.1, -0.05) is 35.9 Å². The minimum absolute atomic E-state index is 0.175. The SMILES string of the molecule is CNC(=O)C(C)N(Cc1ccccc1F)C(=O)CN(c1ccc(C)cc1)S(C)(=O)=O. The number of likely N-dealkylation sites (N-methyl/N-ethyl adjacent to an activating group) is 1. The van der Waals surface area contributed by atoms with Crippen molar-refractivity contribution in [3.8, 4) is 0 Å². The molecule has 9 heteroatoms. The maximum Gasteiger partial charge on any atom is 0.244 e. The molecule has 0 aliphatic carbocycles. The molecular weight excluding hydrogens is 409 g/mol. The summed E-state index contributed by atoms with van der Waals surface area (Å²) in [6, 6.07) is 11.7. The number of aryl methyl sites for hydroxylation is 1. The molecule has 0 radical (unpaired) electrons. The van der Waals surface area contributed by atoms with Crippen LogP contribution in [0.2, 0.25) is 0 Å². The molecule has 0 aliphatic heterocycles. The summed E-state index contributed by atoms with van der Waals surface area (Å²) in [4.78, 5) is 26.5. The predicted molar refractivity (Wildman–Crippen MR) is 114 cm³/mol. The van der Waals surface area contributed by atoms with Crippen LogP contribution in [0.25, 0.3) is 0 Å². The van der Waals surface area contributed by atoms with E-state index in [1.807, 2.05) is 6.92 Å². The highest BCUT2D eigenvalue weighted by atomic mass is 32.2. The van der Waals surface area contributed by atoms with Crippen LogP contribution in [0, 0.1) is 12.7 Å². The number of hydrogen-bond donors (Lipinski definition) is 1. The minimum atomic E-state index is -3.78. The van der Waals surface area contributed by atoms with E-state index in [4.69, 9.17) is 0 Å². The van der Waals surface area contributed by atoms with E-state index in [0.29, 0.717) is 5.69 Å². The van der Waals surface area contributed by atoms with Gasteiger partial charge in [0.15, 0.2) is 0 Å². The molecule has 2 aromatic carbocycles. The third-order valence-electron chi connectivity index (χ3n) is 4.71. The van der Waals surface area contributed by atoms with Crippen LogP contribution < -0.4 is 9.62 Å². The van der Waals surface area contributed by atoms with Crippen molar-refractivity contribution in [2.45, 2.75) is 26.4 Å². The Bertz CT molecular complexity index is 1010. The number of hydrogen-bond acceptors (Lipinski definition) is 4. The average molecular weight is 436 g/mol.